The van der Waals surface area contributed by atoms with Crippen LogP contribution in [0.15, 0.2) is 29.0 Å². The zero-order chi connectivity index (χ0) is 18.7. The van der Waals surface area contributed by atoms with Crippen LogP contribution >= 0.6 is 11.6 Å². The molecule has 2 aliphatic rings. The third kappa shape index (κ3) is 2.34. The molecule has 8 heteroatoms. The molecule has 0 radical (unpaired) electrons. The molecule has 0 unspecified atom stereocenters. The number of rotatable bonds is 2. The fraction of sp³-hybridized carbons (Fsp3) is 0.368. The first kappa shape index (κ1) is 16.5. The maximum absolute atomic E-state index is 13.2. The average molecular weight is 384 g/mol. The standard InChI is InChI=1S/C19H18ClN5O2/c1-10(2)18-22-17(23-27-18)15-16-13-7-4-8-24(13)19(26)14-11(20)5-3-6-12(14)25(16)9-21-15/h3,5-6,9-10,13H,4,7-8H2,1-2H3/t13-/m0/s1. The van der Waals surface area contributed by atoms with Gasteiger partial charge in [0.1, 0.15) is 12.0 Å². The second-order valence-corrected chi connectivity index (χ2v) is 7.66. The van der Waals surface area contributed by atoms with Gasteiger partial charge in [-0.1, -0.05) is 36.7 Å². The van der Waals surface area contributed by atoms with E-state index in [0.29, 0.717) is 34.5 Å². The number of fused-ring (bicyclic) bond motifs is 5. The first-order valence-corrected chi connectivity index (χ1v) is 9.45. The molecule has 1 aromatic carbocycles. The van der Waals surface area contributed by atoms with Crippen LogP contribution in [0.25, 0.3) is 17.2 Å². The molecule has 7 nitrogen and oxygen atoms in total. The Morgan fingerprint density at radius 2 is 2.19 bits per heavy atom. The van der Waals surface area contributed by atoms with Crippen LogP contribution in [0.1, 0.15) is 60.6 Å². The Hall–Kier alpha value is -2.67. The van der Waals surface area contributed by atoms with Gasteiger partial charge in [0.05, 0.1) is 28.0 Å². The first-order valence-electron chi connectivity index (χ1n) is 9.07. The van der Waals surface area contributed by atoms with Gasteiger partial charge in [0.2, 0.25) is 11.7 Å². The molecule has 0 spiro atoms. The highest BCUT2D eigenvalue weighted by Crippen LogP contribution is 2.43. The Bertz CT molecular complexity index is 1050. The summed E-state index contributed by atoms with van der Waals surface area (Å²) < 4.78 is 7.34. The van der Waals surface area contributed by atoms with Crippen LogP contribution in [0.2, 0.25) is 5.02 Å². The van der Waals surface area contributed by atoms with Crippen molar-refractivity contribution in [2.75, 3.05) is 6.54 Å². The largest absolute Gasteiger partial charge is 0.339 e. The van der Waals surface area contributed by atoms with E-state index in [0.717, 1.165) is 24.2 Å². The van der Waals surface area contributed by atoms with Crippen molar-refractivity contribution >= 4 is 17.5 Å². The molecule has 0 N–H and O–H groups in total. The minimum Gasteiger partial charge on any atom is -0.339 e. The van der Waals surface area contributed by atoms with Crippen LogP contribution in [0.4, 0.5) is 0 Å². The third-order valence-corrected chi connectivity index (χ3v) is 5.56. The fourth-order valence-electron chi connectivity index (χ4n) is 3.97. The number of benzene rings is 1. The van der Waals surface area contributed by atoms with Gasteiger partial charge < -0.3 is 9.42 Å². The van der Waals surface area contributed by atoms with Crippen molar-refractivity contribution in [3.8, 4) is 17.2 Å². The summed E-state index contributed by atoms with van der Waals surface area (Å²) >= 11 is 6.41. The minimum atomic E-state index is -0.0838. The monoisotopic (exact) mass is 383 g/mol. The summed E-state index contributed by atoms with van der Waals surface area (Å²) in [5.74, 6) is 1.13. The lowest BCUT2D eigenvalue weighted by molar-refractivity contribution is 0.0739. The summed E-state index contributed by atoms with van der Waals surface area (Å²) in [6, 6.07) is 5.41. The average Bonchev–Trinajstić information content (AvgIpc) is 3.37. The van der Waals surface area contributed by atoms with Crippen molar-refractivity contribution < 1.29 is 9.32 Å². The lowest BCUT2D eigenvalue weighted by Gasteiger charge is -2.22. The highest BCUT2D eigenvalue weighted by molar-refractivity contribution is 6.34. The Morgan fingerprint density at radius 3 is 2.96 bits per heavy atom. The molecule has 3 aromatic rings. The second kappa shape index (κ2) is 5.92. The van der Waals surface area contributed by atoms with Gasteiger partial charge in [-0.15, -0.1) is 0 Å². The number of aromatic nitrogens is 4. The predicted molar refractivity (Wildman–Crippen MR) is 99.0 cm³/mol. The highest BCUT2D eigenvalue weighted by Gasteiger charge is 2.40. The van der Waals surface area contributed by atoms with Crippen LogP contribution in [-0.2, 0) is 0 Å². The van der Waals surface area contributed by atoms with Gasteiger partial charge in [0.15, 0.2) is 0 Å². The van der Waals surface area contributed by atoms with Gasteiger partial charge in [-0.2, -0.15) is 4.98 Å². The second-order valence-electron chi connectivity index (χ2n) is 7.25. The number of hydrogen-bond donors (Lipinski definition) is 0. The SMILES string of the molecule is CC(C)c1nc(-c2ncn3c2[C@@H]2CCCN2C(=O)c2c(Cl)cccc2-3)no1. The summed E-state index contributed by atoms with van der Waals surface area (Å²) in [5.41, 5.74) is 2.83. The highest BCUT2D eigenvalue weighted by atomic mass is 35.5. The van der Waals surface area contributed by atoms with E-state index in [1.165, 1.54) is 0 Å². The van der Waals surface area contributed by atoms with Crippen LogP contribution < -0.4 is 0 Å². The van der Waals surface area contributed by atoms with Crippen LogP contribution in [0, 0.1) is 0 Å². The zero-order valence-corrected chi connectivity index (χ0v) is 15.8. The van der Waals surface area contributed by atoms with E-state index in [2.05, 4.69) is 15.1 Å². The van der Waals surface area contributed by atoms with Gasteiger partial charge in [-0.3, -0.25) is 9.36 Å². The van der Waals surface area contributed by atoms with E-state index >= 15 is 0 Å². The third-order valence-electron chi connectivity index (χ3n) is 5.25. The number of nitrogens with zero attached hydrogens (tertiary/aromatic N) is 5. The smallest absolute Gasteiger partial charge is 0.258 e. The molecular formula is C19H18ClN5O2. The lowest BCUT2D eigenvalue weighted by atomic mass is 10.1. The van der Waals surface area contributed by atoms with E-state index in [1.54, 1.807) is 12.4 Å². The number of carbonyl (C=O) groups excluding carboxylic acids is 1. The molecule has 1 amide bonds. The summed E-state index contributed by atoms with van der Waals surface area (Å²) in [6.45, 7) is 4.70. The van der Waals surface area contributed by atoms with E-state index in [9.17, 15) is 4.79 Å². The molecule has 1 atom stereocenters. The van der Waals surface area contributed by atoms with E-state index in [4.69, 9.17) is 16.1 Å². The fourth-order valence-corrected chi connectivity index (χ4v) is 4.22. The van der Waals surface area contributed by atoms with E-state index in [-0.39, 0.29) is 17.9 Å². The first-order chi connectivity index (χ1) is 13.1. The van der Waals surface area contributed by atoms with Gasteiger partial charge in [-0.05, 0) is 25.0 Å². The number of imidazole rings is 1. The van der Waals surface area contributed by atoms with Crippen molar-refractivity contribution in [2.24, 2.45) is 0 Å². The number of halogens is 1. The normalized spacial score (nSPS) is 18.4. The summed E-state index contributed by atoms with van der Waals surface area (Å²) in [4.78, 5) is 24.2. The summed E-state index contributed by atoms with van der Waals surface area (Å²) in [5, 5.41) is 4.59. The van der Waals surface area contributed by atoms with E-state index in [1.807, 2.05) is 35.4 Å². The van der Waals surface area contributed by atoms with Crippen molar-refractivity contribution in [3.63, 3.8) is 0 Å². The molecule has 1 fully saturated rings. The Kier molecular flexibility index (Phi) is 3.62. The number of amides is 1. The molecule has 0 aliphatic carbocycles. The Labute approximate surface area is 161 Å². The van der Waals surface area contributed by atoms with Gasteiger partial charge in [0.25, 0.3) is 5.91 Å². The molecule has 5 rings (SSSR count). The maximum Gasteiger partial charge on any atom is 0.258 e. The summed E-state index contributed by atoms with van der Waals surface area (Å²) in [7, 11) is 0. The molecule has 27 heavy (non-hydrogen) atoms. The van der Waals surface area contributed by atoms with Crippen LogP contribution in [0.5, 0.6) is 0 Å². The van der Waals surface area contributed by atoms with Crippen molar-refractivity contribution in [2.45, 2.75) is 38.6 Å². The van der Waals surface area contributed by atoms with Crippen molar-refractivity contribution in [1.29, 1.82) is 0 Å². The van der Waals surface area contributed by atoms with Crippen molar-refractivity contribution in [3.05, 3.63) is 46.7 Å². The van der Waals surface area contributed by atoms with Gasteiger partial charge >= 0.3 is 0 Å². The molecule has 0 saturated carbocycles. The molecular weight excluding hydrogens is 366 g/mol. The predicted octanol–water partition coefficient (Wildman–Crippen LogP) is 3.99. The number of carbonyl (C=O) groups is 1. The Morgan fingerprint density at radius 1 is 1.33 bits per heavy atom. The molecule has 0 bridgehead atoms. The molecule has 2 aromatic heterocycles. The maximum atomic E-state index is 13.2. The van der Waals surface area contributed by atoms with E-state index < -0.39 is 0 Å². The van der Waals surface area contributed by atoms with Gasteiger partial charge in [0, 0.05) is 12.5 Å². The molecule has 4 heterocycles. The minimum absolute atomic E-state index is 0.0382. The molecule has 2 aliphatic heterocycles. The molecule has 1 saturated heterocycles. The molecule has 138 valence electrons. The quantitative estimate of drug-likeness (QED) is 0.668. The lowest BCUT2D eigenvalue weighted by Crippen LogP contribution is -2.29. The topological polar surface area (TPSA) is 77.1 Å². The van der Waals surface area contributed by atoms with Crippen LogP contribution in [-0.4, -0.2) is 37.0 Å². The van der Waals surface area contributed by atoms with Gasteiger partial charge in [-0.25, -0.2) is 4.98 Å². The zero-order valence-electron chi connectivity index (χ0n) is 15.0. The Balaban J connectivity index is 1.76. The van der Waals surface area contributed by atoms with Crippen LogP contribution in [0.3, 0.4) is 0 Å². The van der Waals surface area contributed by atoms with Crippen molar-refractivity contribution in [1.82, 2.24) is 24.6 Å². The number of hydrogen-bond acceptors (Lipinski definition) is 5. The summed E-state index contributed by atoms with van der Waals surface area (Å²) in [6.07, 6.45) is 3.52.